The zero-order valence-corrected chi connectivity index (χ0v) is 18.1. The summed E-state index contributed by atoms with van der Waals surface area (Å²) in [6.07, 6.45) is 0. The largest absolute Gasteiger partial charge is 0.490 e. The van der Waals surface area contributed by atoms with Gasteiger partial charge in [0.25, 0.3) is 0 Å². The molecule has 2 N–H and O–H groups in total. The van der Waals surface area contributed by atoms with Gasteiger partial charge in [-0.25, -0.2) is 4.79 Å². The molecule has 0 aliphatic heterocycles. The molecular formula is C22H28N2O4S. The topological polar surface area (TPSA) is 68.8 Å². The lowest BCUT2D eigenvalue weighted by atomic mass is 10.1. The number of hydrogen-bond donors (Lipinski definition) is 2. The molecule has 0 amide bonds. The SMILES string of the molecule is CCOC(=O)c1cccc(NC(=S)N[C@@H](C)c2ccc(OCC)c(OCC)c2)c1. The van der Waals surface area contributed by atoms with Gasteiger partial charge < -0.3 is 24.8 Å². The van der Waals surface area contributed by atoms with Crippen LogP contribution in [0.1, 0.15) is 49.7 Å². The van der Waals surface area contributed by atoms with Gasteiger partial charge in [-0.15, -0.1) is 0 Å². The second kappa shape index (κ2) is 11.3. The number of benzene rings is 2. The van der Waals surface area contributed by atoms with Crippen LogP contribution in [-0.4, -0.2) is 30.9 Å². The van der Waals surface area contributed by atoms with E-state index in [0.717, 1.165) is 11.3 Å². The van der Waals surface area contributed by atoms with Crippen molar-refractivity contribution in [1.82, 2.24) is 5.32 Å². The molecule has 7 heteroatoms. The van der Waals surface area contributed by atoms with E-state index < -0.39 is 0 Å². The van der Waals surface area contributed by atoms with Gasteiger partial charge in [0.15, 0.2) is 16.6 Å². The van der Waals surface area contributed by atoms with Crippen LogP contribution in [0.15, 0.2) is 42.5 Å². The third kappa shape index (κ3) is 6.64. The number of ether oxygens (including phenoxy) is 3. The standard InChI is InChI=1S/C22H28N2O4S/c1-5-26-19-12-11-16(14-20(19)27-6-2)15(4)23-22(29)24-18-10-8-9-17(13-18)21(25)28-7-3/h8-15H,5-7H2,1-4H3,(H2,23,24,29)/t15-/m0/s1. The van der Waals surface area contributed by atoms with E-state index in [4.69, 9.17) is 26.4 Å². The second-order valence-corrected chi connectivity index (χ2v) is 6.60. The molecule has 6 nitrogen and oxygen atoms in total. The van der Waals surface area contributed by atoms with Crippen molar-refractivity contribution < 1.29 is 19.0 Å². The highest BCUT2D eigenvalue weighted by Crippen LogP contribution is 2.30. The molecule has 2 rings (SSSR count). The summed E-state index contributed by atoms with van der Waals surface area (Å²) in [7, 11) is 0. The molecule has 0 aliphatic carbocycles. The van der Waals surface area contributed by atoms with Crippen LogP contribution >= 0.6 is 12.2 Å². The Bertz CT molecular complexity index is 841. The minimum absolute atomic E-state index is 0.0573. The molecule has 2 aromatic carbocycles. The maximum Gasteiger partial charge on any atom is 0.338 e. The predicted octanol–water partition coefficient (Wildman–Crippen LogP) is 4.71. The maximum atomic E-state index is 11.9. The summed E-state index contributed by atoms with van der Waals surface area (Å²) in [6.45, 7) is 9.13. The second-order valence-electron chi connectivity index (χ2n) is 6.19. The Kier molecular flexibility index (Phi) is 8.73. The summed E-state index contributed by atoms with van der Waals surface area (Å²) in [4.78, 5) is 11.9. The van der Waals surface area contributed by atoms with E-state index in [1.807, 2.05) is 45.0 Å². The maximum absolute atomic E-state index is 11.9. The highest BCUT2D eigenvalue weighted by Gasteiger charge is 2.13. The van der Waals surface area contributed by atoms with Crippen LogP contribution in [0, 0.1) is 0 Å². The molecule has 0 aromatic heterocycles. The fraction of sp³-hybridized carbons (Fsp3) is 0.364. The van der Waals surface area contributed by atoms with Crippen molar-refractivity contribution in [3.05, 3.63) is 53.6 Å². The van der Waals surface area contributed by atoms with E-state index in [2.05, 4.69) is 10.6 Å². The van der Waals surface area contributed by atoms with Crippen LogP contribution in [-0.2, 0) is 4.74 Å². The Labute approximate surface area is 177 Å². The van der Waals surface area contributed by atoms with Crippen LogP contribution < -0.4 is 20.1 Å². The number of hydrogen-bond acceptors (Lipinski definition) is 5. The number of nitrogens with one attached hydrogen (secondary N) is 2. The molecule has 0 radical (unpaired) electrons. The van der Waals surface area contributed by atoms with Gasteiger partial charge >= 0.3 is 5.97 Å². The van der Waals surface area contributed by atoms with Crippen molar-refractivity contribution in [3.8, 4) is 11.5 Å². The number of carbonyl (C=O) groups excluding carboxylic acids is 1. The van der Waals surface area contributed by atoms with Gasteiger partial charge in [-0.1, -0.05) is 12.1 Å². The van der Waals surface area contributed by atoms with Gasteiger partial charge in [0.05, 0.1) is 31.4 Å². The first-order chi connectivity index (χ1) is 14.0. The number of rotatable bonds is 9. The van der Waals surface area contributed by atoms with E-state index in [9.17, 15) is 4.79 Å². The van der Waals surface area contributed by atoms with Gasteiger partial charge in [0.2, 0.25) is 0 Å². The zero-order valence-electron chi connectivity index (χ0n) is 17.3. The van der Waals surface area contributed by atoms with E-state index in [1.165, 1.54) is 0 Å². The number of thiocarbonyl (C=S) groups is 1. The van der Waals surface area contributed by atoms with Crippen LogP contribution in [0.2, 0.25) is 0 Å². The van der Waals surface area contributed by atoms with Crippen molar-refractivity contribution in [2.45, 2.75) is 33.7 Å². The minimum atomic E-state index is -0.360. The fourth-order valence-corrected chi connectivity index (χ4v) is 3.02. The van der Waals surface area contributed by atoms with E-state index >= 15 is 0 Å². The average Bonchev–Trinajstić information content (AvgIpc) is 2.70. The van der Waals surface area contributed by atoms with Gasteiger partial charge in [-0.2, -0.15) is 0 Å². The van der Waals surface area contributed by atoms with Gasteiger partial charge in [-0.05, 0) is 75.8 Å². The molecule has 0 unspecified atom stereocenters. The number of anilines is 1. The van der Waals surface area contributed by atoms with E-state index in [-0.39, 0.29) is 12.0 Å². The summed E-state index contributed by atoms with van der Waals surface area (Å²) in [6, 6.07) is 12.8. The van der Waals surface area contributed by atoms with Gasteiger partial charge in [0, 0.05) is 5.69 Å². The predicted molar refractivity (Wildman–Crippen MR) is 119 cm³/mol. The lowest BCUT2D eigenvalue weighted by Crippen LogP contribution is -2.31. The minimum Gasteiger partial charge on any atom is -0.490 e. The van der Waals surface area contributed by atoms with Crippen molar-refractivity contribution >= 4 is 29.0 Å². The Morgan fingerprint density at radius 2 is 1.72 bits per heavy atom. The Balaban J connectivity index is 2.04. The lowest BCUT2D eigenvalue weighted by molar-refractivity contribution is 0.0526. The van der Waals surface area contributed by atoms with Crippen LogP contribution in [0.4, 0.5) is 5.69 Å². The first-order valence-corrected chi connectivity index (χ1v) is 10.1. The van der Waals surface area contributed by atoms with Gasteiger partial charge in [0.1, 0.15) is 0 Å². The van der Waals surface area contributed by atoms with E-state index in [1.54, 1.807) is 25.1 Å². The molecule has 1 atom stereocenters. The summed E-state index contributed by atoms with van der Waals surface area (Å²) in [5.74, 6) is 1.07. The fourth-order valence-electron chi connectivity index (χ4n) is 2.72. The molecule has 156 valence electrons. The van der Waals surface area contributed by atoms with E-state index in [0.29, 0.717) is 41.9 Å². The van der Waals surface area contributed by atoms with Crippen molar-refractivity contribution in [2.75, 3.05) is 25.1 Å². The third-order valence-corrected chi connectivity index (χ3v) is 4.27. The third-order valence-electron chi connectivity index (χ3n) is 4.05. The normalized spacial score (nSPS) is 11.3. The van der Waals surface area contributed by atoms with Crippen LogP contribution in [0.3, 0.4) is 0 Å². The highest BCUT2D eigenvalue weighted by molar-refractivity contribution is 7.80. The molecule has 0 bridgehead atoms. The number of carbonyl (C=O) groups is 1. The first-order valence-electron chi connectivity index (χ1n) is 9.72. The lowest BCUT2D eigenvalue weighted by Gasteiger charge is -2.19. The van der Waals surface area contributed by atoms with Gasteiger partial charge in [-0.3, -0.25) is 0 Å². The molecule has 0 fully saturated rings. The summed E-state index contributed by atoms with van der Waals surface area (Å²) in [5, 5.41) is 6.80. The summed E-state index contributed by atoms with van der Waals surface area (Å²) < 4.78 is 16.3. The van der Waals surface area contributed by atoms with Crippen LogP contribution in [0.25, 0.3) is 0 Å². The molecule has 0 aliphatic rings. The van der Waals surface area contributed by atoms with Crippen LogP contribution in [0.5, 0.6) is 11.5 Å². The Morgan fingerprint density at radius 3 is 2.41 bits per heavy atom. The van der Waals surface area contributed by atoms with Crippen molar-refractivity contribution in [2.24, 2.45) is 0 Å². The highest BCUT2D eigenvalue weighted by atomic mass is 32.1. The monoisotopic (exact) mass is 416 g/mol. The number of esters is 1. The van der Waals surface area contributed by atoms with Crippen molar-refractivity contribution in [3.63, 3.8) is 0 Å². The molecule has 0 saturated heterocycles. The Morgan fingerprint density at radius 1 is 1.00 bits per heavy atom. The molecule has 0 heterocycles. The molecular weight excluding hydrogens is 388 g/mol. The average molecular weight is 417 g/mol. The zero-order chi connectivity index (χ0) is 21.2. The Hall–Kier alpha value is -2.80. The summed E-state index contributed by atoms with van der Waals surface area (Å²) in [5.41, 5.74) is 2.20. The summed E-state index contributed by atoms with van der Waals surface area (Å²) >= 11 is 5.43. The first kappa shape index (κ1) is 22.5. The molecule has 0 saturated carbocycles. The smallest absolute Gasteiger partial charge is 0.338 e. The molecule has 29 heavy (non-hydrogen) atoms. The van der Waals surface area contributed by atoms with Crippen molar-refractivity contribution in [1.29, 1.82) is 0 Å². The molecule has 2 aromatic rings. The quantitative estimate of drug-likeness (QED) is 0.453. The molecule has 0 spiro atoms.